The van der Waals surface area contributed by atoms with Crippen molar-refractivity contribution in [2.45, 2.75) is 6.42 Å². The van der Waals surface area contributed by atoms with E-state index in [0.717, 1.165) is 22.0 Å². The van der Waals surface area contributed by atoms with Gasteiger partial charge in [0.25, 0.3) is 0 Å². The highest BCUT2D eigenvalue weighted by atomic mass is 79.9. The van der Waals surface area contributed by atoms with Crippen LogP contribution in [0.25, 0.3) is 0 Å². The Morgan fingerprint density at radius 3 is 2.38 bits per heavy atom. The summed E-state index contributed by atoms with van der Waals surface area (Å²) in [6.07, 6.45) is 0.762. The zero-order chi connectivity index (χ0) is 11.5. The quantitative estimate of drug-likeness (QED) is 0.745. The van der Waals surface area contributed by atoms with Gasteiger partial charge in [-0.3, -0.25) is 0 Å². The third kappa shape index (κ3) is 2.83. The van der Waals surface area contributed by atoms with E-state index in [-0.39, 0.29) is 5.82 Å². The first kappa shape index (κ1) is 11.6. The van der Waals surface area contributed by atoms with E-state index in [1.807, 2.05) is 18.2 Å². The van der Waals surface area contributed by atoms with E-state index in [2.05, 4.69) is 15.9 Å². The minimum atomic E-state index is -0.209. The Kier molecular flexibility index (Phi) is 3.62. The lowest BCUT2D eigenvalue weighted by atomic mass is 10.1. The van der Waals surface area contributed by atoms with Gasteiger partial charge in [0.15, 0.2) is 0 Å². The van der Waals surface area contributed by atoms with Crippen molar-refractivity contribution in [3.63, 3.8) is 0 Å². The minimum Gasteiger partial charge on any atom is -0.207 e. The number of hydrogen-bond acceptors (Lipinski definition) is 0. The van der Waals surface area contributed by atoms with Gasteiger partial charge in [-0.2, -0.15) is 0 Å². The highest BCUT2D eigenvalue weighted by Gasteiger charge is 2.02. The number of halogens is 3. The van der Waals surface area contributed by atoms with Gasteiger partial charge in [0.1, 0.15) is 5.82 Å². The van der Waals surface area contributed by atoms with Gasteiger partial charge in [-0.1, -0.05) is 45.7 Å². The fourth-order valence-electron chi connectivity index (χ4n) is 1.49. The molecule has 2 rings (SSSR count). The Morgan fingerprint density at radius 2 is 1.75 bits per heavy atom. The second-order valence-electron chi connectivity index (χ2n) is 3.54. The first-order chi connectivity index (χ1) is 7.65. The maximum Gasteiger partial charge on any atom is 0.123 e. The zero-order valence-electron chi connectivity index (χ0n) is 8.38. The molecule has 0 saturated heterocycles. The molecule has 0 fully saturated rings. The van der Waals surface area contributed by atoms with Gasteiger partial charge in [0.05, 0.1) is 0 Å². The Labute approximate surface area is 107 Å². The van der Waals surface area contributed by atoms with Crippen molar-refractivity contribution in [1.82, 2.24) is 0 Å². The largest absolute Gasteiger partial charge is 0.207 e. The highest BCUT2D eigenvalue weighted by Crippen LogP contribution is 2.23. The van der Waals surface area contributed by atoms with Crippen molar-refractivity contribution in [1.29, 1.82) is 0 Å². The Hall–Kier alpha value is -0.860. The fraction of sp³-hybridized carbons (Fsp3) is 0.0769. The van der Waals surface area contributed by atoms with Crippen LogP contribution in [0.2, 0.25) is 5.02 Å². The maximum absolute atomic E-state index is 12.7. The molecule has 0 heterocycles. The molecule has 0 N–H and O–H groups in total. The van der Waals surface area contributed by atoms with E-state index in [0.29, 0.717) is 5.02 Å². The molecule has 0 aliphatic rings. The van der Waals surface area contributed by atoms with E-state index in [1.54, 1.807) is 12.1 Å². The SMILES string of the molecule is Fc1ccc(Cc2ccc(Cl)cc2Br)cc1. The van der Waals surface area contributed by atoms with Crippen LogP contribution >= 0.6 is 27.5 Å². The minimum absolute atomic E-state index is 0.209. The Bertz CT molecular complexity index is 494. The molecule has 0 saturated carbocycles. The lowest BCUT2D eigenvalue weighted by Crippen LogP contribution is -1.89. The molecule has 0 bridgehead atoms. The van der Waals surface area contributed by atoms with Crippen LogP contribution in [0.4, 0.5) is 4.39 Å². The molecule has 16 heavy (non-hydrogen) atoms. The van der Waals surface area contributed by atoms with Crippen molar-refractivity contribution < 1.29 is 4.39 Å². The van der Waals surface area contributed by atoms with Crippen LogP contribution in [0.1, 0.15) is 11.1 Å². The van der Waals surface area contributed by atoms with Crippen molar-refractivity contribution >= 4 is 27.5 Å². The van der Waals surface area contributed by atoms with Crippen molar-refractivity contribution in [3.05, 3.63) is 68.9 Å². The van der Waals surface area contributed by atoms with Crippen molar-refractivity contribution in [2.75, 3.05) is 0 Å². The van der Waals surface area contributed by atoms with E-state index in [1.165, 1.54) is 12.1 Å². The first-order valence-corrected chi connectivity index (χ1v) is 6.00. The normalized spacial score (nSPS) is 10.4. The van der Waals surface area contributed by atoms with E-state index in [9.17, 15) is 4.39 Å². The van der Waals surface area contributed by atoms with Gasteiger partial charge >= 0.3 is 0 Å². The molecular formula is C13H9BrClF. The molecule has 0 spiro atoms. The summed E-state index contributed by atoms with van der Waals surface area (Å²) in [6.45, 7) is 0. The molecule has 0 unspecified atom stereocenters. The summed E-state index contributed by atoms with van der Waals surface area (Å²) in [7, 11) is 0. The second kappa shape index (κ2) is 4.98. The average molecular weight is 300 g/mol. The summed E-state index contributed by atoms with van der Waals surface area (Å²) in [4.78, 5) is 0. The maximum atomic E-state index is 12.7. The molecule has 0 aromatic heterocycles. The molecule has 0 atom stereocenters. The molecular weight excluding hydrogens is 290 g/mol. The summed E-state index contributed by atoms with van der Waals surface area (Å²) < 4.78 is 13.7. The summed E-state index contributed by atoms with van der Waals surface area (Å²) in [6, 6.07) is 12.2. The van der Waals surface area contributed by atoms with Crippen LogP contribution in [0.3, 0.4) is 0 Å². The molecule has 0 radical (unpaired) electrons. The van der Waals surface area contributed by atoms with Crippen molar-refractivity contribution in [2.24, 2.45) is 0 Å². The Balaban J connectivity index is 2.23. The predicted octanol–water partition coefficient (Wildman–Crippen LogP) is 4.83. The molecule has 82 valence electrons. The second-order valence-corrected chi connectivity index (χ2v) is 4.83. The lowest BCUT2D eigenvalue weighted by molar-refractivity contribution is 0.627. The molecule has 0 aliphatic carbocycles. The van der Waals surface area contributed by atoms with Gasteiger partial charge in [-0.25, -0.2) is 4.39 Å². The summed E-state index contributed by atoms with van der Waals surface area (Å²) in [5.74, 6) is -0.209. The standard InChI is InChI=1S/C13H9BrClF/c14-13-8-11(15)4-3-10(13)7-9-1-5-12(16)6-2-9/h1-6,8H,7H2. The average Bonchev–Trinajstić information content (AvgIpc) is 2.25. The number of hydrogen-bond donors (Lipinski definition) is 0. The monoisotopic (exact) mass is 298 g/mol. The third-order valence-corrected chi connectivity index (χ3v) is 3.30. The first-order valence-electron chi connectivity index (χ1n) is 4.83. The van der Waals surface area contributed by atoms with Crippen LogP contribution in [-0.2, 0) is 6.42 Å². The zero-order valence-corrected chi connectivity index (χ0v) is 10.7. The molecule has 0 nitrogen and oxygen atoms in total. The van der Waals surface area contributed by atoms with E-state index < -0.39 is 0 Å². The smallest absolute Gasteiger partial charge is 0.123 e. The van der Waals surface area contributed by atoms with Crippen LogP contribution in [0, 0.1) is 5.82 Å². The van der Waals surface area contributed by atoms with Crippen molar-refractivity contribution in [3.8, 4) is 0 Å². The van der Waals surface area contributed by atoms with Crippen LogP contribution in [0.15, 0.2) is 46.9 Å². The molecule has 0 aliphatic heterocycles. The summed E-state index contributed by atoms with van der Waals surface area (Å²) in [5.41, 5.74) is 2.21. The highest BCUT2D eigenvalue weighted by molar-refractivity contribution is 9.10. The van der Waals surface area contributed by atoms with Gasteiger partial charge in [-0.05, 0) is 41.8 Å². The van der Waals surface area contributed by atoms with Crippen LogP contribution in [0.5, 0.6) is 0 Å². The molecule has 2 aromatic rings. The van der Waals surface area contributed by atoms with Crippen LogP contribution < -0.4 is 0 Å². The van der Waals surface area contributed by atoms with Gasteiger partial charge in [0.2, 0.25) is 0 Å². The van der Waals surface area contributed by atoms with Gasteiger partial charge in [0, 0.05) is 9.50 Å². The van der Waals surface area contributed by atoms with Crippen LogP contribution in [-0.4, -0.2) is 0 Å². The van der Waals surface area contributed by atoms with E-state index in [4.69, 9.17) is 11.6 Å². The summed E-state index contributed by atoms with van der Waals surface area (Å²) in [5, 5.41) is 0.703. The fourth-order valence-corrected chi connectivity index (χ4v) is 2.31. The third-order valence-electron chi connectivity index (χ3n) is 2.32. The predicted molar refractivity (Wildman–Crippen MR) is 68.4 cm³/mol. The van der Waals surface area contributed by atoms with Gasteiger partial charge in [-0.15, -0.1) is 0 Å². The van der Waals surface area contributed by atoms with Gasteiger partial charge < -0.3 is 0 Å². The molecule has 3 heteroatoms. The molecule has 2 aromatic carbocycles. The number of benzene rings is 2. The lowest BCUT2D eigenvalue weighted by Gasteiger charge is -2.05. The van der Waals surface area contributed by atoms with E-state index >= 15 is 0 Å². The number of rotatable bonds is 2. The summed E-state index contributed by atoms with van der Waals surface area (Å²) >= 11 is 9.32. The topological polar surface area (TPSA) is 0 Å². The Morgan fingerprint density at radius 1 is 1.06 bits per heavy atom. The molecule has 0 amide bonds.